The van der Waals surface area contributed by atoms with E-state index >= 15 is 0 Å². The van der Waals surface area contributed by atoms with Gasteiger partial charge < -0.3 is 52.1 Å². The summed E-state index contributed by atoms with van der Waals surface area (Å²) < 4.78 is 63.0. The molecular weight excluding hydrogens is 796 g/mol. The molecule has 10 unspecified atom stereocenters. The lowest BCUT2D eigenvalue weighted by atomic mass is 9.96. The number of hydrogen-bond donors (Lipinski definition) is 0. The van der Waals surface area contributed by atoms with E-state index in [9.17, 15) is 38.4 Å². The summed E-state index contributed by atoms with van der Waals surface area (Å²) in [6.07, 6.45) is -13.1. The van der Waals surface area contributed by atoms with Crippen molar-refractivity contribution < 1.29 is 90.5 Å². The molecule has 0 bridgehead atoms. The minimum absolute atomic E-state index is 0.162. The largest absolute Gasteiger partial charge is 0.463 e. The van der Waals surface area contributed by atoms with Gasteiger partial charge in [0.25, 0.3) is 0 Å². The lowest BCUT2D eigenvalue weighted by Crippen LogP contribution is -2.67. The molecule has 0 amide bonds. The average molecular weight is 843 g/mol. The fourth-order valence-electron chi connectivity index (χ4n) is 6.23. The highest BCUT2D eigenvalue weighted by atomic mass is 16.8. The summed E-state index contributed by atoms with van der Waals surface area (Å²) in [5.41, 5.74) is 1.12. The van der Waals surface area contributed by atoms with Gasteiger partial charge in [-0.15, -0.1) is 0 Å². The summed E-state index contributed by atoms with van der Waals surface area (Å²) in [5, 5.41) is 0. The average Bonchev–Trinajstić information content (AvgIpc) is 3.16. The Balaban J connectivity index is 1.74. The number of carbonyl (C=O) groups is 8. The molecule has 2 aromatic carbocycles. The third-order valence-corrected chi connectivity index (χ3v) is 8.50. The van der Waals surface area contributed by atoms with E-state index in [1.807, 2.05) is 0 Å². The smallest absolute Gasteiger partial charge is 0.303 e. The second-order valence-electron chi connectivity index (χ2n) is 13.4. The molecule has 10 atom stereocenters. The van der Waals surface area contributed by atoms with Crippen LogP contribution in [0.5, 0.6) is 5.75 Å². The molecule has 0 N–H and O–H groups in total. The van der Waals surface area contributed by atoms with Gasteiger partial charge >= 0.3 is 41.8 Å². The molecule has 0 aliphatic carbocycles. The topological polar surface area (TPSA) is 238 Å². The van der Waals surface area contributed by atoms with Crippen molar-refractivity contribution in [3.63, 3.8) is 0 Å². The van der Waals surface area contributed by atoms with Crippen LogP contribution in [0.2, 0.25) is 0 Å². The molecule has 2 aliphatic rings. The van der Waals surface area contributed by atoms with Gasteiger partial charge in [0.15, 0.2) is 36.5 Å². The molecule has 2 heterocycles. The normalized spacial score (nSPS) is 26.1. The molecule has 0 aromatic heterocycles. The Morgan fingerprint density at radius 3 is 1.43 bits per heavy atom. The number of allylic oxidation sites excluding steroid dienone is 1. The molecule has 2 aliphatic heterocycles. The van der Waals surface area contributed by atoms with Gasteiger partial charge in [-0.1, -0.05) is 48.5 Å². The van der Waals surface area contributed by atoms with Crippen LogP contribution in [0, 0.1) is 0 Å². The maximum atomic E-state index is 12.7. The first-order chi connectivity index (χ1) is 28.4. The van der Waals surface area contributed by atoms with Gasteiger partial charge in [0.05, 0.1) is 0 Å². The molecule has 0 spiro atoms. The fourth-order valence-corrected chi connectivity index (χ4v) is 6.23. The Morgan fingerprint density at radius 2 is 0.933 bits per heavy atom. The molecule has 0 saturated carbocycles. The second-order valence-corrected chi connectivity index (χ2v) is 13.4. The molecule has 60 heavy (non-hydrogen) atoms. The number of benzene rings is 2. The maximum Gasteiger partial charge on any atom is 0.303 e. The Morgan fingerprint density at radius 1 is 0.500 bits per heavy atom. The predicted octanol–water partition coefficient (Wildman–Crippen LogP) is 2.58. The lowest BCUT2D eigenvalue weighted by Gasteiger charge is -2.48. The van der Waals surface area contributed by atoms with E-state index < -0.39 is 116 Å². The van der Waals surface area contributed by atoms with Gasteiger partial charge in [-0.3, -0.25) is 38.4 Å². The van der Waals surface area contributed by atoms with Crippen molar-refractivity contribution in [2.75, 3.05) is 13.2 Å². The molecular formula is C41H46O19. The van der Waals surface area contributed by atoms with E-state index in [1.54, 1.807) is 48.5 Å². The second kappa shape index (κ2) is 21.7. The highest BCUT2D eigenvalue weighted by Crippen LogP contribution is 2.36. The van der Waals surface area contributed by atoms with Crippen LogP contribution >= 0.6 is 0 Å². The third kappa shape index (κ3) is 13.7. The van der Waals surface area contributed by atoms with Gasteiger partial charge in [0.2, 0.25) is 12.4 Å². The first-order valence-corrected chi connectivity index (χ1v) is 18.5. The molecule has 4 rings (SSSR count). The minimum Gasteiger partial charge on any atom is -0.463 e. The summed E-state index contributed by atoms with van der Waals surface area (Å²) >= 11 is 0. The Bertz CT molecular complexity index is 1890. The van der Waals surface area contributed by atoms with Crippen molar-refractivity contribution in [2.24, 2.45) is 0 Å². The van der Waals surface area contributed by atoms with Crippen molar-refractivity contribution in [1.29, 1.82) is 0 Å². The van der Waals surface area contributed by atoms with Crippen molar-refractivity contribution >= 4 is 53.6 Å². The summed E-state index contributed by atoms with van der Waals surface area (Å²) in [7, 11) is 0. The van der Waals surface area contributed by atoms with Crippen LogP contribution in [0.1, 0.15) is 64.4 Å². The van der Waals surface area contributed by atoms with Crippen molar-refractivity contribution in [3.8, 4) is 5.75 Å². The maximum absolute atomic E-state index is 12.7. The van der Waals surface area contributed by atoms with E-state index in [1.165, 1.54) is 18.2 Å². The number of esters is 7. The highest BCUT2D eigenvalue weighted by Gasteiger charge is 2.58. The van der Waals surface area contributed by atoms with Gasteiger partial charge in [0, 0.05) is 54.0 Å². The molecule has 2 saturated heterocycles. The predicted molar refractivity (Wildman–Crippen MR) is 200 cm³/mol. The van der Waals surface area contributed by atoms with Crippen LogP contribution in [-0.4, -0.2) is 122 Å². The zero-order chi connectivity index (χ0) is 44.1. The number of rotatable bonds is 16. The molecule has 0 radical (unpaired) electrons. The molecule has 19 heteroatoms. The summed E-state index contributed by atoms with van der Waals surface area (Å²) in [6.45, 7) is 6.26. The number of ether oxygens (including phenoxy) is 11. The van der Waals surface area contributed by atoms with Gasteiger partial charge in [-0.2, -0.15) is 0 Å². The van der Waals surface area contributed by atoms with Crippen LogP contribution < -0.4 is 4.74 Å². The number of carbonyl (C=O) groups excluding carboxylic acids is 8. The standard InChI is InChI=1S/C41H46O19/c1-21(42)50-19-32-34(52-23(3)44)36(53-24(4)45)39(56-27(7)48)41(59-32)60-35-33(20-51-22(2)43)58-40(38(55-26(6)47)37(35)54-25(5)46)57-30-16-13-28(14-17-30)15-18-31(49)29-11-9-8-10-12-29/h8-18,32-41H,19-20H2,1-7H3. The molecule has 324 valence electrons. The zero-order valence-corrected chi connectivity index (χ0v) is 33.8. The van der Waals surface area contributed by atoms with Crippen LogP contribution in [0.3, 0.4) is 0 Å². The molecule has 2 aromatic rings. The van der Waals surface area contributed by atoms with Crippen molar-refractivity contribution in [2.45, 2.75) is 110 Å². The molecule has 2 fully saturated rings. The SMILES string of the molecule is CC(=O)OCC1OC(OC2C(COC(C)=O)OC(Oc3ccc(C=CC(=O)c4ccccc4)cc3)C(OC(C)=O)C2OC(C)=O)C(OC(C)=O)C(OC(C)=O)C1OC(C)=O. The van der Waals surface area contributed by atoms with Crippen molar-refractivity contribution in [1.82, 2.24) is 0 Å². The summed E-state index contributed by atoms with van der Waals surface area (Å²) in [5.74, 6) is -6.07. The Hall–Kier alpha value is -6.18. The van der Waals surface area contributed by atoms with E-state index in [2.05, 4.69) is 0 Å². The van der Waals surface area contributed by atoms with Gasteiger partial charge in [0.1, 0.15) is 37.3 Å². The number of ketones is 1. The Labute approximate surface area is 344 Å². The van der Waals surface area contributed by atoms with Crippen LogP contribution in [-0.2, 0) is 80.9 Å². The number of hydrogen-bond acceptors (Lipinski definition) is 19. The minimum atomic E-state index is -1.83. The van der Waals surface area contributed by atoms with E-state index in [-0.39, 0.29) is 11.5 Å². The summed E-state index contributed by atoms with van der Waals surface area (Å²) in [6, 6.07) is 15.0. The van der Waals surface area contributed by atoms with E-state index in [0.29, 0.717) is 11.1 Å². The van der Waals surface area contributed by atoms with E-state index in [0.717, 1.165) is 48.5 Å². The van der Waals surface area contributed by atoms with Gasteiger partial charge in [-0.25, -0.2) is 0 Å². The quantitative estimate of drug-likeness (QED) is 0.102. The van der Waals surface area contributed by atoms with Gasteiger partial charge in [-0.05, 0) is 23.8 Å². The van der Waals surface area contributed by atoms with Crippen LogP contribution in [0.4, 0.5) is 0 Å². The zero-order valence-electron chi connectivity index (χ0n) is 33.8. The monoisotopic (exact) mass is 842 g/mol. The van der Waals surface area contributed by atoms with Crippen LogP contribution in [0.25, 0.3) is 6.08 Å². The molecule has 19 nitrogen and oxygen atoms in total. The highest BCUT2D eigenvalue weighted by molar-refractivity contribution is 6.06. The van der Waals surface area contributed by atoms with Crippen LogP contribution in [0.15, 0.2) is 60.7 Å². The first kappa shape index (κ1) is 46.5. The fraction of sp³-hybridized carbons (Fsp3) is 0.463. The first-order valence-electron chi connectivity index (χ1n) is 18.5. The Kier molecular flexibility index (Phi) is 16.8. The van der Waals surface area contributed by atoms with Crippen molar-refractivity contribution in [3.05, 3.63) is 71.8 Å². The van der Waals surface area contributed by atoms with E-state index in [4.69, 9.17) is 52.1 Å². The lowest BCUT2D eigenvalue weighted by molar-refractivity contribution is -0.354. The third-order valence-electron chi connectivity index (χ3n) is 8.50. The summed E-state index contributed by atoms with van der Waals surface area (Å²) in [4.78, 5) is 99.0.